The maximum atomic E-state index is 4.59. The maximum Gasteiger partial charge on any atom is 3.00 e. The van der Waals surface area contributed by atoms with Crippen LogP contribution in [0.1, 0.15) is 20.8 Å². The van der Waals surface area contributed by atoms with E-state index in [0.29, 0.717) is 19.8 Å². The van der Waals surface area contributed by atoms with E-state index in [1.165, 1.54) is 0 Å². The summed E-state index contributed by atoms with van der Waals surface area (Å²) in [7, 11) is 0. The minimum Gasteiger partial charge on any atom is -0.514 e. The van der Waals surface area contributed by atoms with Crippen LogP contribution in [0.4, 0.5) is 0 Å². The van der Waals surface area contributed by atoms with E-state index in [1.807, 2.05) is 20.8 Å². The van der Waals surface area contributed by atoms with E-state index in [4.69, 9.17) is 0 Å². The fourth-order valence-corrected chi connectivity index (χ4v) is 1.06. The predicted octanol–water partition coefficient (Wildman–Crippen LogP) is 2.18. The van der Waals surface area contributed by atoms with E-state index in [-0.39, 0.29) is 39.0 Å². The molecule has 0 heterocycles. The first-order chi connectivity index (χ1) is 8.31. The Morgan fingerprint density at radius 2 is 0.842 bits per heavy atom. The number of hydrogen-bond donors (Lipinski definition) is 0. The van der Waals surface area contributed by atoms with Gasteiger partial charge >= 0.3 is 25.8 Å². The summed E-state index contributed by atoms with van der Waals surface area (Å²) in [5.74, 6) is 0. The van der Waals surface area contributed by atoms with Crippen molar-refractivity contribution in [2.24, 2.45) is 0 Å². The van der Waals surface area contributed by atoms with Gasteiger partial charge in [-0.2, -0.15) is 0 Å². The van der Waals surface area contributed by atoms with Gasteiger partial charge in [0.05, 0.1) is 19.8 Å². The fourth-order valence-electron chi connectivity index (χ4n) is 0.354. The first-order valence-corrected chi connectivity index (χ1v) is 7.27. The van der Waals surface area contributed by atoms with Crippen LogP contribution in [-0.2, 0) is 52.1 Å². The summed E-state index contributed by atoms with van der Waals surface area (Å²) in [5, 5.41) is 0. The Labute approximate surface area is 166 Å². The summed E-state index contributed by atoms with van der Waals surface area (Å²) < 4.78 is 14.4. The molecule has 0 aliphatic carbocycles. The number of hydrogen-bond acceptors (Lipinski definition) is 9. The Balaban J connectivity index is -0.0000000865. The van der Waals surface area contributed by atoms with E-state index >= 15 is 0 Å². The van der Waals surface area contributed by atoms with Crippen molar-refractivity contribution in [1.29, 1.82) is 0 Å². The van der Waals surface area contributed by atoms with Crippen molar-refractivity contribution in [3.05, 3.63) is 0 Å². The molecule has 0 fully saturated rings. The molecule has 0 unspecified atom stereocenters. The van der Waals surface area contributed by atoms with Gasteiger partial charge in [0.2, 0.25) is 0 Å². The first-order valence-electron chi connectivity index (χ1n) is 4.82. The second-order valence-corrected chi connectivity index (χ2v) is 5.05. The second-order valence-electron chi connectivity index (χ2n) is 2.05. The zero-order valence-corrected chi connectivity index (χ0v) is 19.1. The van der Waals surface area contributed by atoms with Gasteiger partial charge < -0.3 is 88.8 Å². The van der Waals surface area contributed by atoms with Crippen molar-refractivity contribution in [3.8, 4) is 0 Å². The largest absolute Gasteiger partial charge is 3.00 e. The van der Waals surface area contributed by atoms with Crippen molar-refractivity contribution in [1.82, 2.24) is 0 Å². The molecule has 108 valence electrons. The molecular weight excluding hydrogens is 463 g/mol. The zero-order valence-electron chi connectivity index (χ0n) is 10.9. The van der Waals surface area contributed by atoms with Crippen LogP contribution in [0.3, 0.4) is 0 Å². The molecule has 0 aromatic rings. The van der Waals surface area contributed by atoms with Gasteiger partial charge in [-0.3, -0.25) is 0 Å². The van der Waals surface area contributed by atoms with E-state index in [9.17, 15) is 0 Å². The summed E-state index contributed by atoms with van der Waals surface area (Å²) in [6.45, 7) is 7.29. The average Bonchev–Trinajstić information content (AvgIpc) is 2.18. The van der Waals surface area contributed by atoms with Gasteiger partial charge in [0, 0.05) is 13.1 Å². The third kappa shape index (κ3) is 54.6. The predicted molar refractivity (Wildman–Crippen MR) is 101 cm³/mol. The van der Waals surface area contributed by atoms with Crippen LogP contribution in [0.15, 0.2) is 0 Å². The summed E-state index contributed by atoms with van der Waals surface area (Å²) in [5.41, 5.74) is 0. The average molecular weight is 478 g/mol. The van der Waals surface area contributed by atoms with Crippen LogP contribution in [-0.4, -0.2) is 58.8 Å². The quantitative estimate of drug-likeness (QED) is 0.447. The van der Waals surface area contributed by atoms with Crippen LogP contribution >= 0.6 is 36.7 Å². The molecule has 0 spiro atoms. The minimum absolute atomic E-state index is 0. The number of ether oxygens (including phenoxy) is 3. The van der Waals surface area contributed by atoms with Gasteiger partial charge in [-0.1, -0.05) is 0 Å². The van der Waals surface area contributed by atoms with Gasteiger partial charge in [0.15, 0.2) is 0 Å². The molecule has 0 aromatic carbocycles. The molecule has 0 amide bonds. The molecule has 0 aromatic heterocycles. The van der Waals surface area contributed by atoms with Crippen LogP contribution in [0.2, 0.25) is 0 Å². The van der Waals surface area contributed by atoms with Crippen LogP contribution in [0.25, 0.3) is 0 Å². The standard InChI is InChI=1S/3C3H6OS2.In/c3*1-2-4-3(5)6;/h3*2H2,1H3,(H,5,6);/q;;;+3/p-3. The molecule has 0 aliphatic rings. The Morgan fingerprint density at radius 1 is 0.684 bits per heavy atom. The van der Waals surface area contributed by atoms with E-state index in [2.05, 4.69) is 88.8 Å². The van der Waals surface area contributed by atoms with Crippen molar-refractivity contribution < 1.29 is 14.2 Å². The maximum absolute atomic E-state index is 4.59. The number of thiocarbonyl (C=S) groups is 3. The molecule has 0 aliphatic heterocycles. The zero-order chi connectivity index (χ0) is 15.0. The molecule has 10 heteroatoms. The molecule has 0 N–H and O–H groups in total. The molecular formula is C9H15InO3S6. The van der Waals surface area contributed by atoms with Gasteiger partial charge in [0.25, 0.3) is 0 Å². The summed E-state index contributed by atoms with van der Waals surface area (Å²) in [6, 6.07) is 0. The molecule has 0 rings (SSSR count). The van der Waals surface area contributed by atoms with Crippen molar-refractivity contribution in [3.63, 3.8) is 0 Å². The van der Waals surface area contributed by atoms with Crippen LogP contribution in [0, 0.1) is 0 Å². The topological polar surface area (TPSA) is 27.7 Å². The summed E-state index contributed by atoms with van der Waals surface area (Å²) >= 11 is 26.3. The molecule has 0 atom stereocenters. The van der Waals surface area contributed by atoms with Gasteiger partial charge in [-0.05, 0) is 20.8 Å². The molecule has 0 saturated heterocycles. The van der Waals surface area contributed by atoms with Gasteiger partial charge in [-0.15, -0.1) is 0 Å². The molecule has 0 bridgehead atoms. The van der Waals surface area contributed by atoms with Crippen LogP contribution in [0.5, 0.6) is 0 Å². The molecule has 0 radical (unpaired) electrons. The summed E-state index contributed by atoms with van der Waals surface area (Å²) in [6.07, 6.45) is 0. The van der Waals surface area contributed by atoms with E-state index in [0.717, 1.165) is 0 Å². The third-order valence-electron chi connectivity index (χ3n) is 0.787. The second kappa shape index (κ2) is 24.2. The van der Waals surface area contributed by atoms with Crippen LogP contribution < -0.4 is 0 Å². The van der Waals surface area contributed by atoms with Gasteiger partial charge in [0.1, 0.15) is 0 Å². The molecule has 19 heavy (non-hydrogen) atoms. The normalized spacial score (nSPS) is 7.11. The smallest absolute Gasteiger partial charge is 0.514 e. The van der Waals surface area contributed by atoms with E-state index < -0.39 is 0 Å². The minimum atomic E-state index is 0. The third-order valence-corrected chi connectivity index (χ3v) is 1.49. The Hall–Kier alpha value is 1.20. The van der Waals surface area contributed by atoms with Gasteiger partial charge in [-0.25, -0.2) is 0 Å². The SMILES string of the molecule is CCOC(=S)[S-].CCOC(=S)[S-].CCOC(=S)[S-].[In+3]. The monoisotopic (exact) mass is 478 g/mol. The first kappa shape index (κ1) is 28.4. The van der Waals surface area contributed by atoms with Crippen molar-refractivity contribution in [2.45, 2.75) is 20.8 Å². The Morgan fingerprint density at radius 3 is 0.842 bits per heavy atom. The van der Waals surface area contributed by atoms with Crippen molar-refractivity contribution in [2.75, 3.05) is 19.8 Å². The van der Waals surface area contributed by atoms with E-state index in [1.54, 1.807) is 0 Å². The number of rotatable bonds is 3. The molecule has 0 saturated carbocycles. The molecule has 3 nitrogen and oxygen atoms in total. The van der Waals surface area contributed by atoms with Crippen molar-refractivity contribution >= 4 is 114 Å². The summed E-state index contributed by atoms with van der Waals surface area (Å²) in [4.78, 5) is 0. The Kier molecular flexibility index (Phi) is 36.2. The fraction of sp³-hybridized carbons (Fsp3) is 0.667. The Bertz CT molecular complexity index is 202.